The second-order valence-corrected chi connectivity index (χ2v) is 5.36. The lowest BCUT2D eigenvalue weighted by molar-refractivity contribution is -0.130. The number of halogens is 1. The van der Waals surface area contributed by atoms with E-state index in [4.69, 9.17) is 9.47 Å². The van der Waals surface area contributed by atoms with Gasteiger partial charge in [0.05, 0.1) is 5.56 Å². The second kappa shape index (κ2) is 5.77. The van der Waals surface area contributed by atoms with Crippen molar-refractivity contribution < 1.29 is 18.7 Å². The molecule has 0 saturated heterocycles. The van der Waals surface area contributed by atoms with Crippen LogP contribution in [0.5, 0.6) is 5.75 Å². The number of carbonyl (C=O) groups excluding carboxylic acids is 1. The maximum Gasteiger partial charge on any atom is 0.363 e. The normalized spacial score (nSPS) is 17.7. The number of cyclic esters (lactones) is 1. The smallest absolute Gasteiger partial charge is 0.363 e. The van der Waals surface area contributed by atoms with Gasteiger partial charge in [-0.05, 0) is 35.9 Å². The summed E-state index contributed by atoms with van der Waals surface area (Å²) in [6, 6.07) is 13.6. The predicted octanol–water partition coefficient (Wildman–Crippen LogP) is 3.49. The topological polar surface area (TPSA) is 47.9 Å². The van der Waals surface area contributed by atoms with E-state index in [-0.39, 0.29) is 17.2 Å². The van der Waals surface area contributed by atoms with Crippen LogP contribution in [0.4, 0.5) is 4.39 Å². The van der Waals surface area contributed by atoms with Gasteiger partial charge in [0.25, 0.3) is 0 Å². The van der Waals surface area contributed by atoms with Crippen molar-refractivity contribution in [2.45, 2.75) is 0 Å². The van der Waals surface area contributed by atoms with E-state index in [1.807, 2.05) is 30.3 Å². The SMILES string of the molecule is O=C1OC(c2ccccc2F)=NC1=CC1=Cc2ccccc2OC1. The first-order valence-electron chi connectivity index (χ1n) is 7.40. The monoisotopic (exact) mass is 321 g/mol. The molecule has 2 aromatic rings. The number of benzene rings is 2. The molecule has 0 aliphatic carbocycles. The van der Waals surface area contributed by atoms with Gasteiger partial charge in [-0.25, -0.2) is 14.2 Å². The molecule has 2 aliphatic rings. The highest BCUT2D eigenvalue weighted by atomic mass is 19.1. The summed E-state index contributed by atoms with van der Waals surface area (Å²) in [5, 5.41) is 0. The summed E-state index contributed by atoms with van der Waals surface area (Å²) in [4.78, 5) is 16.1. The summed E-state index contributed by atoms with van der Waals surface area (Å²) < 4.78 is 24.5. The first-order valence-corrected chi connectivity index (χ1v) is 7.40. The average Bonchev–Trinajstić information content (AvgIpc) is 2.96. The summed E-state index contributed by atoms with van der Waals surface area (Å²) in [5.74, 6) is -0.321. The third-order valence-electron chi connectivity index (χ3n) is 3.70. The Hall–Kier alpha value is -3.21. The van der Waals surface area contributed by atoms with E-state index in [1.54, 1.807) is 18.2 Å². The average molecular weight is 321 g/mol. The molecule has 4 rings (SSSR count). The minimum atomic E-state index is -0.604. The highest BCUT2D eigenvalue weighted by Gasteiger charge is 2.26. The van der Waals surface area contributed by atoms with Gasteiger partial charge < -0.3 is 9.47 Å². The zero-order valence-electron chi connectivity index (χ0n) is 12.5. The van der Waals surface area contributed by atoms with Gasteiger partial charge in [-0.2, -0.15) is 0 Å². The van der Waals surface area contributed by atoms with Crippen LogP contribution in [-0.2, 0) is 9.53 Å². The molecule has 24 heavy (non-hydrogen) atoms. The van der Waals surface area contributed by atoms with Gasteiger partial charge in [-0.3, -0.25) is 0 Å². The van der Waals surface area contributed by atoms with Crippen molar-refractivity contribution in [1.29, 1.82) is 0 Å². The van der Waals surface area contributed by atoms with E-state index in [1.165, 1.54) is 12.1 Å². The molecule has 2 aliphatic heterocycles. The van der Waals surface area contributed by atoms with E-state index in [9.17, 15) is 9.18 Å². The lowest BCUT2D eigenvalue weighted by atomic mass is 10.1. The van der Waals surface area contributed by atoms with Crippen molar-refractivity contribution in [1.82, 2.24) is 0 Å². The third-order valence-corrected chi connectivity index (χ3v) is 3.70. The number of carbonyl (C=O) groups is 1. The van der Waals surface area contributed by atoms with Gasteiger partial charge in [0.15, 0.2) is 5.70 Å². The molecule has 0 bridgehead atoms. The molecule has 0 radical (unpaired) electrons. The molecule has 2 aromatic carbocycles. The summed E-state index contributed by atoms with van der Waals surface area (Å²) in [7, 11) is 0. The Kier molecular flexibility index (Phi) is 3.46. The first kappa shape index (κ1) is 14.4. The van der Waals surface area contributed by atoms with Crippen LogP contribution in [0.2, 0.25) is 0 Å². The number of ether oxygens (including phenoxy) is 2. The van der Waals surface area contributed by atoms with Gasteiger partial charge in [0.2, 0.25) is 5.90 Å². The largest absolute Gasteiger partial charge is 0.488 e. The van der Waals surface area contributed by atoms with E-state index in [0.29, 0.717) is 6.61 Å². The van der Waals surface area contributed by atoms with Crippen molar-refractivity contribution in [2.24, 2.45) is 4.99 Å². The van der Waals surface area contributed by atoms with Crippen molar-refractivity contribution in [3.8, 4) is 5.75 Å². The summed E-state index contributed by atoms with van der Waals surface area (Å²) in [6.45, 7) is 0.332. The molecule has 4 nitrogen and oxygen atoms in total. The number of nitrogens with zero attached hydrogens (tertiary/aromatic N) is 1. The molecule has 0 saturated carbocycles. The number of fused-ring (bicyclic) bond motifs is 1. The number of para-hydroxylation sites is 1. The molecule has 118 valence electrons. The minimum Gasteiger partial charge on any atom is -0.488 e. The lowest BCUT2D eigenvalue weighted by Crippen LogP contribution is -2.08. The number of aliphatic imine (C=N–C) groups is 1. The molecular weight excluding hydrogens is 309 g/mol. The molecule has 0 aromatic heterocycles. The molecule has 2 heterocycles. The Labute approximate surface area is 137 Å². The van der Waals surface area contributed by atoms with E-state index in [0.717, 1.165) is 16.9 Å². The number of esters is 1. The maximum atomic E-state index is 13.8. The fraction of sp³-hybridized carbons (Fsp3) is 0.0526. The van der Waals surface area contributed by atoms with Crippen molar-refractivity contribution in [3.63, 3.8) is 0 Å². The molecule has 0 atom stereocenters. The maximum absolute atomic E-state index is 13.8. The molecule has 5 heteroatoms. The molecule has 0 N–H and O–H groups in total. The quantitative estimate of drug-likeness (QED) is 0.628. The lowest BCUT2D eigenvalue weighted by Gasteiger charge is -2.15. The molecule has 0 unspecified atom stereocenters. The van der Waals surface area contributed by atoms with Gasteiger partial charge in [-0.1, -0.05) is 30.3 Å². The van der Waals surface area contributed by atoms with Gasteiger partial charge >= 0.3 is 5.97 Å². The van der Waals surface area contributed by atoms with Crippen LogP contribution in [-0.4, -0.2) is 18.5 Å². The van der Waals surface area contributed by atoms with Crippen molar-refractivity contribution in [3.05, 3.63) is 82.8 Å². The Morgan fingerprint density at radius 1 is 1.08 bits per heavy atom. The highest BCUT2D eigenvalue weighted by molar-refractivity contribution is 6.11. The van der Waals surface area contributed by atoms with Crippen LogP contribution in [0, 0.1) is 5.82 Å². The van der Waals surface area contributed by atoms with Crippen LogP contribution in [0.25, 0.3) is 6.08 Å². The second-order valence-electron chi connectivity index (χ2n) is 5.36. The summed E-state index contributed by atoms with van der Waals surface area (Å²) in [5.41, 5.74) is 2.01. The van der Waals surface area contributed by atoms with Crippen LogP contribution in [0.1, 0.15) is 11.1 Å². The van der Waals surface area contributed by atoms with Crippen LogP contribution >= 0.6 is 0 Å². The summed E-state index contributed by atoms with van der Waals surface area (Å²) in [6.07, 6.45) is 3.53. The van der Waals surface area contributed by atoms with E-state index >= 15 is 0 Å². The molecular formula is C19H12FNO3. The third kappa shape index (κ3) is 2.60. The number of rotatable bonds is 2. The van der Waals surface area contributed by atoms with Crippen molar-refractivity contribution >= 4 is 17.9 Å². The predicted molar refractivity (Wildman–Crippen MR) is 87.0 cm³/mol. The van der Waals surface area contributed by atoms with Gasteiger partial charge in [0, 0.05) is 5.56 Å². The Bertz CT molecular complexity index is 928. The van der Waals surface area contributed by atoms with E-state index in [2.05, 4.69) is 4.99 Å². The fourth-order valence-electron chi connectivity index (χ4n) is 2.55. The Balaban J connectivity index is 1.67. The van der Waals surface area contributed by atoms with Gasteiger partial charge in [-0.15, -0.1) is 0 Å². The zero-order chi connectivity index (χ0) is 16.5. The fourth-order valence-corrected chi connectivity index (χ4v) is 2.55. The van der Waals surface area contributed by atoms with Crippen LogP contribution in [0.3, 0.4) is 0 Å². The molecule has 0 spiro atoms. The van der Waals surface area contributed by atoms with Crippen LogP contribution in [0.15, 0.2) is 70.9 Å². The van der Waals surface area contributed by atoms with Crippen molar-refractivity contribution in [2.75, 3.05) is 6.61 Å². The number of hydrogen-bond acceptors (Lipinski definition) is 4. The van der Waals surface area contributed by atoms with Gasteiger partial charge in [0.1, 0.15) is 18.2 Å². The Morgan fingerprint density at radius 3 is 2.75 bits per heavy atom. The zero-order valence-corrected chi connectivity index (χ0v) is 12.5. The summed E-state index contributed by atoms with van der Waals surface area (Å²) >= 11 is 0. The van der Waals surface area contributed by atoms with E-state index < -0.39 is 11.8 Å². The minimum absolute atomic E-state index is 0.0259. The number of hydrogen-bond donors (Lipinski definition) is 0. The van der Waals surface area contributed by atoms with Crippen LogP contribution < -0.4 is 4.74 Å². The Morgan fingerprint density at radius 2 is 1.88 bits per heavy atom. The standard InChI is InChI=1S/C19H12FNO3/c20-15-7-3-2-6-14(15)18-21-16(19(22)24-18)10-12-9-13-5-1-4-8-17(13)23-11-12/h1-10H,11H2. The molecule has 0 fully saturated rings. The first-order chi connectivity index (χ1) is 11.7. The highest BCUT2D eigenvalue weighted by Crippen LogP contribution is 2.27. The molecule has 0 amide bonds.